The Hall–Kier alpha value is -1.46. The zero-order valence-corrected chi connectivity index (χ0v) is 11.1. The minimum atomic E-state index is -0.699. The van der Waals surface area contributed by atoms with E-state index in [1.807, 2.05) is 24.5 Å². The third-order valence-corrected chi connectivity index (χ3v) is 3.48. The maximum absolute atomic E-state index is 10.5. The second-order valence-electron chi connectivity index (χ2n) is 4.94. The molecule has 5 nitrogen and oxygen atoms in total. The molecule has 0 bridgehead atoms. The Bertz CT molecular complexity index is 397. The van der Waals surface area contributed by atoms with Crippen LogP contribution in [0.25, 0.3) is 0 Å². The quantitative estimate of drug-likeness (QED) is 0.757. The van der Waals surface area contributed by atoms with Crippen LogP contribution in [0.1, 0.15) is 30.9 Å². The summed E-state index contributed by atoms with van der Waals surface area (Å²) in [5.74, 6) is -0.699. The lowest BCUT2D eigenvalue weighted by Crippen LogP contribution is -2.46. The monoisotopic (exact) mass is 263 g/mol. The van der Waals surface area contributed by atoms with Crippen molar-refractivity contribution in [3.63, 3.8) is 0 Å². The van der Waals surface area contributed by atoms with E-state index in [2.05, 4.69) is 15.2 Å². The summed E-state index contributed by atoms with van der Waals surface area (Å²) in [6, 6.07) is 4.45. The fraction of sp³-hybridized carbons (Fsp3) is 0.571. The van der Waals surface area contributed by atoms with Crippen LogP contribution in [0.2, 0.25) is 0 Å². The molecule has 1 atom stereocenters. The largest absolute Gasteiger partial charge is 0.481 e. The summed E-state index contributed by atoms with van der Waals surface area (Å²) in [7, 11) is 0. The third-order valence-electron chi connectivity index (χ3n) is 3.48. The molecule has 1 aromatic rings. The number of carbonyl (C=O) groups is 1. The van der Waals surface area contributed by atoms with Crippen molar-refractivity contribution in [1.29, 1.82) is 0 Å². The van der Waals surface area contributed by atoms with Gasteiger partial charge in [0.1, 0.15) is 0 Å². The van der Waals surface area contributed by atoms with Gasteiger partial charge in [-0.3, -0.25) is 9.78 Å². The highest BCUT2D eigenvalue weighted by atomic mass is 16.4. The van der Waals surface area contributed by atoms with E-state index < -0.39 is 5.97 Å². The number of carboxylic acid groups (broad SMARTS) is 1. The predicted molar refractivity (Wildman–Crippen MR) is 72.9 cm³/mol. The van der Waals surface area contributed by atoms with Crippen LogP contribution in [0.5, 0.6) is 0 Å². The summed E-state index contributed by atoms with van der Waals surface area (Å²) in [5.41, 5.74) is 1.27. The van der Waals surface area contributed by atoms with Gasteiger partial charge >= 0.3 is 5.97 Å². The van der Waals surface area contributed by atoms with E-state index >= 15 is 0 Å². The second kappa shape index (κ2) is 7.21. The molecule has 0 aliphatic carbocycles. The lowest BCUT2D eigenvalue weighted by molar-refractivity contribution is -0.137. The van der Waals surface area contributed by atoms with Crippen molar-refractivity contribution in [3.05, 3.63) is 30.1 Å². The normalized spacial score (nSPS) is 20.3. The van der Waals surface area contributed by atoms with E-state index in [1.54, 1.807) is 0 Å². The molecule has 0 saturated carbocycles. The molecule has 0 spiro atoms. The Morgan fingerprint density at radius 1 is 1.42 bits per heavy atom. The number of hydrogen-bond acceptors (Lipinski definition) is 4. The van der Waals surface area contributed by atoms with Crippen LogP contribution in [0.4, 0.5) is 0 Å². The summed E-state index contributed by atoms with van der Waals surface area (Å²) >= 11 is 0. The minimum Gasteiger partial charge on any atom is -0.481 e. The summed E-state index contributed by atoms with van der Waals surface area (Å²) in [6.45, 7) is 3.98. The van der Waals surface area contributed by atoms with Gasteiger partial charge in [0.15, 0.2) is 0 Å². The molecule has 1 aliphatic rings. The van der Waals surface area contributed by atoms with Gasteiger partial charge in [0, 0.05) is 44.5 Å². The number of aromatic nitrogens is 1. The van der Waals surface area contributed by atoms with Crippen LogP contribution in [0.3, 0.4) is 0 Å². The van der Waals surface area contributed by atoms with Crippen LogP contribution < -0.4 is 5.32 Å². The Labute approximate surface area is 113 Å². The van der Waals surface area contributed by atoms with Crippen molar-refractivity contribution in [2.45, 2.75) is 25.3 Å². The fourth-order valence-electron chi connectivity index (χ4n) is 2.44. The highest BCUT2D eigenvalue weighted by Gasteiger charge is 2.19. The molecule has 2 N–H and O–H groups in total. The standard InChI is InChI=1S/C14H21N3O2/c18-14(19)3-1-2-9-17-10-8-16-13(11-17)12-4-6-15-7-5-12/h4-7,13,16H,1-3,8-11H2,(H,18,19). The van der Waals surface area contributed by atoms with Crippen LogP contribution in [-0.4, -0.2) is 47.1 Å². The fourth-order valence-corrected chi connectivity index (χ4v) is 2.44. The molecular formula is C14H21N3O2. The highest BCUT2D eigenvalue weighted by molar-refractivity contribution is 5.66. The van der Waals surface area contributed by atoms with Crippen molar-refractivity contribution >= 4 is 5.97 Å². The first-order valence-corrected chi connectivity index (χ1v) is 6.83. The van der Waals surface area contributed by atoms with Crippen LogP contribution in [0, 0.1) is 0 Å². The lowest BCUT2D eigenvalue weighted by Gasteiger charge is -2.33. The average molecular weight is 263 g/mol. The summed E-state index contributed by atoms with van der Waals surface area (Å²) < 4.78 is 0. The summed E-state index contributed by atoms with van der Waals surface area (Å²) in [5, 5.41) is 12.1. The van der Waals surface area contributed by atoms with E-state index in [0.717, 1.165) is 39.0 Å². The molecule has 1 fully saturated rings. The van der Waals surface area contributed by atoms with E-state index in [0.29, 0.717) is 6.04 Å². The number of rotatable bonds is 6. The van der Waals surface area contributed by atoms with Crippen LogP contribution in [-0.2, 0) is 4.79 Å². The van der Waals surface area contributed by atoms with Crippen molar-refractivity contribution in [1.82, 2.24) is 15.2 Å². The minimum absolute atomic E-state index is 0.278. The van der Waals surface area contributed by atoms with E-state index in [-0.39, 0.29) is 6.42 Å². The van der Waals surface area contributed by atoms with Gasteiger partial charge in [-0.25, -0.2) is 0 Å². The molecule has 5 heteroatoms. The molecule has 104 valence electrons. The Kier molecular flexibility index (Phi) is 5.30. The molecule has 1 aliphatic heterocycles. The highest BCUT2D eigenvalue weighted by Crippen LogP contribution is 2.16. The van der Waals surface area contributed by atoms with E-state index in [9.17, 15) is 4.79 Å². The van der Waals surface area contributed by atoms with Gasteiger partial charge in [-0.15, -0.1) is 0 Å². The molecule has 0 radical (unpaired) electrons. The second-order valence-corrected chi connectivity index (χ2v) is 4.94. The number of aliphatic carboxylic acids is 1. The first-order chi connectivity index (χ1) is 9.25. The topological polar surface area (TPSA) is 65.5 Å². The maximum Gasteiger partial charge on any atom is 0.303 e. The van der Waals surface area contributed by atoms with Crippen molar-refractivity contribution in [2.24, 2.45) is 0 Å². The van der Waals surface area contributed by atoms with E-state index in [4.69, 9.17) is 5.11 Å². The van der Waals surface area contributed by atoms with Crippen LogP contribution in [0.15, 0.2) is 24.5 Å². The van der Waals surface area contributed by atoms with Gasteiger partial charge in [-0.2, -0.15) is 0 Å². The maximum atomic E-state index is 10.5. The third kappa shape index (κ3) is 4.61. The average Bonchev–Trinajstić information content (AvgIpc) is 2.45. The zero-order valence-electron chi connectivity index (χ0n) is 11.1. The number of pyridine rings is 1. The first-order valence-electron chi connectivity index (χ1n) is 6.83. The summed E-state index contributed by atoms with van der Waals surface area (Å²) in [6.07, 6.45) is 5.64. The first kappa shape index (κ1) is 14.0. The molecular weight excluding hydrogens is 242 g/mol. The van der Waals surface area contributed by atoms with E-state index in [1.165, 1.54) is 5.56 Å². The number of unbranched alkanes of at least 4 members (excludes halogenated alkanes) is 1. The van der Waals surface area contributed by atoms with Gasteiger partial charge in [-0.05, 0) is 37.1 Å². The number of carboxylic acids is 1. The molecule has 0 aromatic carbocycles. The lowest BCUT2D eigenvalue weighted by atomic mass is 10.1. The number of nitrogens with zero attached hydrogens (tertiary/aromatic N) is 2. The molecule has 1 aromatic heterocycles. The molecule has 1 unspecified atom stereocenters. The molecule has 2 heterocycles. The van der Waals surface area contributed by atoms with Gasteiger partial charge < -0.3 is 15.3 Å². The SMILES string of the molecule is O=C(O)CCCCN1CCNC(c2ccncc2)C1. The van der Waals surface area contributed by atoms with Gasteiger partial charge in [-0.1, -0.05) is 0 Å². The zero-order chi connectivity index (χ0) is 13.5. The number of hydrogen-bond donors (Lipinski definition) is 2. The van der Waals surface area contributed by atoms with Crippen molar-refractivity contribution < 1.29 is 9.90 Å². The predicted octanol–water partition coefficient (Wildman–Crippen LogP) is 1.28. The van der Waals surface area contributed by atoms with Crippen molar-refractivity contribution in [3.8, 4) is 0 Å². The van der Waals surface area contributed by atoms with Gasteiger partial charge in [0.05, 0.1) is 0 Å². The van der Waals surface area contributed by atoms with Gasteiger partial charge in [0.25, 0.3) is 0 Å². The molecule has 1 saturated heterocycles. The molecule has 19 heavy (non-hydrogen) atoms. The van der Waals surface area contributed by atoms with Crippen molar-refractivity contribution in [2.75, 3.05) is 26.2 Å². The molecule has 0 amide bonds. The Morgan fingerprint density at radius 3 is 2.95 bits per heavy atom. The van der Waals surface area contributed by atoms with Gasteiger partial charge in [0.2, 0.25) is 0 Å². The molecule has 2 rings (SSSR count). The summed E-state index contributed by atoms with van der Waals surface area (Å²) in [4.78, 5) is 16.9. The number of piperazine rings is 1. The smallest absolute Gasteiger partial charge is 0.303 e. The Balaban J connectivity index is 1.76. The number of nitrogens with one attached hydrogen (secondary N) is 1. The Morgan fingerprint density at radius 2 is 2.21 bits per heavy atom. The van der Waals surface area contributed by atoms with Crippen LogP contribution >= 0.6 is 0 Å².